The van der Waals surface area contributed by atoms with E-state index in [0.29, 0.717) is 6.61 Å². The average molecular weight is 166 g/mol. The Morgan fingerprint density at radius 1 is 1.75 bits per heavy atom. The number of epoxide rings is 1. The van der Waals surface area contributed by atoms with Crippen LogP contribution in [0.5, 0.6) is 0 Å². The van der Waals surface area contributed by atoms with Gasteiger partial charge in [-0.15, -0.1) is 0 Å². The Balaban J connectivity index is 2.24. The molecule has 1 atom stereocenters. The molecule has 0 radical (unpaired) electrons. The minimum absolute atomic E-state index is 0.0390. The zero-order chi connectivity index (χ0) is 8.81. The Morgan fingerprint density at radius 3 is 3.00 bits per heavy atom. The zero-order valence-corrected chi connectivity index (χ0v) is 7.32. The van der Waals surface area contributed by atoms with Gasteiger partial charge in [0, 0.05) is 0 Å². The van der Waals surface area contributed by atoms with Crippen LogP contribution in [0.25, 0.3) is 0 Å². The molecule has 0 bridgehead atoms. The lowest BCUT2D eigenvalue weighted by Gasteiger charge is -1.99. The fourth-order valence-corrected chi connectivity index (χ4v) is 0.744. The van der Waals surface area contributed by atoms with E-state index in [1.807, 2.05) is 25.2 Å². The molecule has 1 aliphatic rings. The molecule has 12 heavy (non-hydrogen) atoms. The Morgan fingerprint density at radius 2 is 2.50 bits per heavy atom. The highest BCUT2D eigenvalue weighted by molar-refractivity contribution is 5.21. The predicted octanol–water partition coefficient (Wildman–Crippen LogP) is 2.05. The van der Waals surface area contributed by atoms with Crippen LogP contribution in [0.3, 0.4) is 0 Å². The summed E-state index contributed by atoms with van der Waals surface area (Å²) in [6, 6.07) is 0. The molecule has 2 nitrogen and oxygen atoms in total. The Kier molecular flexibility index (Phi) is 3.77. The normalized spacial score (nSPS) is 23.1. The second kappa shape index (κ2) is 4.91. The molecule has 1 saturated heterocycles. The second-order valence-electron chi connectivity index (χ2n) is 2.53. The molecule has 1 heterocycles. The van der Waals surface area contributed by atoms with Crippen LogP contribution in [-0.4, -0.2) is 19.5 Å². The molecule has 2 heteroatoms. The molecule has 66 valence electrons. The molecular weight excluding hydrogens is 152 g/mol. The SMILES string of the molecule is C=C/C=C\C(=C/C)COC1CO1. The first kappa shape index (κ1) is 9.23. The van der Waals surface area contributed by atoms with Gasteiger partial charge in [-0.2, -0.15) is 0 Å². The van der Waals surface area contributed by atoms with Gasteiger partial charge in [0.15, 0.2) is 6.29 Å². The lowest BCUT2D eigenvalue weighted by atomic mass is 10.2. The third-order valence-electron chi connectivity index (χ3n) is 1.56. The van der Waals surface area contributed by atoms with Gasteiger partial charge in [0.2, 0.25) is 0 Å². The molecule has 1 unspecified atom stereocenters. The summed E-state index contributed by atoms with van der Waals surface area (Å²) in [4.78, 5) is 0. The third kappa shape index (κ3) is 3.51. The van der Waals surface area contributed by atoms with Crippen molar-refractivity contribution in [2.24, 2.45) is 0 Å². The van der Waals surface area contributed by atoms with Gasteiger partial charge in [-0.25, -0.2) is 0 Å². The zero-order valence-electron chi connectivity index (χ0n) is 7.32. The molecule has 0 amide bonds. The molecule has 0 aliphatic carbocycles. The minimum atomic E-state index is 0.0390. The van der Waals surface area contributed by atoms with E-state index < -0.39 is 0 Å². The molecule has 0 aromatic heterocycles. The van der Waals surface area contributed by atoms with E-state index in [2.05, 4.69) is 6.58 Å². The quantitative estimate of drug-likeness (QED) is 0.460. The summed E-state index contributed by atoms with van der Waals surface area (Å²) in [6.07, 6.45) is 7.68. The first-order valence-electron chi connectivity index (χ1n) is 4.04. The number of ether oxygens (including phenoxy) is 2. The fraction of sp³-hybridized carbons (Fsp3) is 0.400. The predicted molar refractivity (Wildman–Crippen MR) is 48.8 cm³/mol. The highest BCUT2D eigenvalue weighted by Crippen LogP contribution is 2.12. The molecule has 1 rings (SSSR count). The van der Waals surface area contributed by atoms with Crippen LogP contribution < -0.4 is 0 Å². The van der Waals surface area contributed by atoms with Gasteiger partial charge in [0.25, 0.3) is 0 Å². The van der Waals surface area contributed by atoms with E-state index in [1.54, 1.807) is 6.08 Å². The number of rotatable bonds is 5. The van der Waals surface area contributed by atoms with Crippen molar-refractivity contribution in [2.45, 2.75) is 13.2 Å². The molecule has 0 N–H and O–H groups in total. The van der Waals surface area contributed by atoms with Crippen LogP contribution in [0.2, 0.25) is 0 Å². The van der Waals surface area contributed by atoms with Crippen molar-refractivity contribution in [3.63, 3.8) is 0 Å². The van der Waals surface area contributed by atoms with Crippen LogP contribution in [0.1, 0.15) is 6.92 Å². The third-order valence-corrected chi connectivity index (χ3v) is 1.56. The van der Waals surface area contributed by atoms with E-state index in [4.69, 9.17) is 9.47 Å². The van der Waals surface area contributed by atoms with Crippen molar-refractivity contribution in [3.8, 4) is 0 Å². The molecule has 0 saturated carbocycles. The van der Waals surface area contributed by atoms with Crippen molar-refractivity contribution in [3.05, 3.63) is 36.5 Å². The van der Waals surface area contributed by atoms with Crippen LogP contribution in [-0.2, 0) is 9.47 Å². The standard InChI is InChI=1S/C10H14O2/c1-3-5-6-9(4-2)7-11-10-8-12-10/h3-6,10H,1,7-8H2,2H3/b6-5-,9-4+. The van der Waals surface area contributed by atoms with E-state index in [1.165, 1.54) is 0 Å². The summed E-state index contributed by atoms with van der Waals surface area (Å²) in [6.45, 7) is 6.94. The van der Waals surface area contributed by atoms with E-state index in [9.17, 15) is 0 Å². The van der Waals surface area contributed by atoms with Crippen molar-refractivity contribution in [1.29, 1.82) is 0 Å². The maximum absolute atomic E-state index is 5.33. The van der Waals surface area contributed by atoms with Gasteiger partial charge in [-0.3, -0.25) is 0 Å². The van der Waals surface area contributed by atoms with Crippen LogP contribution in [0, 0.1) is 0 Å². The summed E-state index contributed by atoms with van der Waals surface area (Å²) in [7, 11) is 0. The summed E-state index contributed by atoms with van der Waals surface area (Å²) in [5, 5.41) is 0. The first-order chi connectivity index (χ1) is 5.86. The highest BCUT2D eigenvalue weighted by Gasteiger charge is 2.22. The van der Waals surface area contributed by atoms with Crippen LogP contribution in [0.4, 0.5) is 0 Å². The molecule has 0 spiro atoms. The first-order valence-corrected chi connectivity index (χ1v) is 4.04. The summed E-state index contributed by atoms with van der Waals surface area (Å²) in [5.41, 5.74) is 1.14. The number of hydrogen-bond acceptors (Lipinski definition) is 2. The molecule has 0 aromatic carbocycles. The Bertz CT molecular complexity index is 200. The number of hydrogen-bond donors (Lipinski definition) is 0. The molecule has 1 aliphatic heterocycles. The van der Waals surface area contributed by atoms with Gasteiger partial charge in [-0.05, 0) is 12.5 Å². The molecule has 0 aromatic rings. The maximum Gasteiger partial charge on any atom is 0.181 e. The largest absolute Gasteiger partial charge is 0.346 e. The van der Waals surface area contributed by atoms with Gasteiger partial charge >= 0.3 is 0 Å². The number of allylic oxidation sites excluding steroid dienone is 3. The van der Waals surface area contributed by atoms with E-state index in [-0.39, 0.29) is 6.29 Å². The van der Waals surface area contributed by atoms with Crippen molar-refractivity contribution in [2.75, 3.05) is 13.2 Å². The van der Waals surface area contributed by atoms with Gasteiger partial charge in [0.1, 0.15) is 6.61 Å². The van der Waals surface area contributed by atoms with Gasteiger partial charge in [0.05, 0.1) is 6.61 Å². The van der Waals surface area contributed by atoms with Gasteiger partial charge < -0.3 is 9.47 Å². The topological polar surface area (TPSA) is 21.8 Å². The smallest absolute Gasteiger partial charge is 0.181 e. The average Bonchev–Trinajstić information content (AvgIpc) is 2.89. The van der Waals surface area contributed by atoms with E-state index in [0.717, 1.165) is 12.2 Å². The summed E-state index contributed by atoms with van der Waals surface area (Å²) in [5.74, 6) is 0. The van der Waals surface area contributed by atoms with Crippen LogP contribution in [0.15, 0.2) is 36.5 Å². The molecular formula is C10H14O2. The van der Waals surface area contributed by atoms with Gasteiger partial charge in [-0.1, -0.05) is 30.9 Å². The lowest BCUT2D eigenvalue weighted by molar-refractivity contribution is 0.0666. The Hall–Kier alpha value is -0.860. The Labute approximate surface area is 73.2 Å². The van der Waals surface area contributed by atoms with Crippen molar-refractivity contribution < 1.29 is 9.47 Å². The summed E-state index contributed by atoms with van der Waals surface area (Å²) < 4.78 is 10.2. The van der Waals surface area contributed by atoms with Crippen molar-refractivity contribution in [1.82, 2.24) is 0 Å². The van der Waals surface area contributed by atoms with E-state index >= 15 is 0 Å². The summed E-state index contributed by atoms with van der Waals surface area (Å²) >= 11 is 0. The minimum Gasteiger partial charge on any atom is -0.346 e. The van der Waals surface area contributed by atoms with Crippen LogP contribution >= 0.6 is 0 Å². The monoisotopic (exact) mass is 166 g/mol. The fourth-order valence-electron chi connectivity index (χ4n) is 0.744. The lowest BCUT2D eigenvalue weighted by Crippen LogP contribution is -1.98. The maximum atomic E-state index is 5.33. The van der Waals surface area contributed by atoms with Crippen molar-refractivity contribution >= 4 is 0 Å². The second-order valence-corrected chi connectivity index (χ2v) is 2.53. The molecule has 1 fully saturated rings. The highest BCUT2D eigenvalue weighted by atomic mass is 16.8.